The van der Waals surface area contributed by atoms with Crippen molar-refractivity contribution in [3.63, 3.8) is 0 Å². The van der Waals surface area contributed by atoms with Gasteiger partial charge in [-0.05, 0) is 25.0 Å². The van der Waals surface area contributed by atoms with Crippen LogP contribution in [0.25, 0.3) is 0 Å². The Labute approximate surface area is 96.5 Å². The predicted octanol–water partition coefficient (Wildman–Crippen LogP) is 2.41. The molecule has 0 saturated carbocycles. The van der Waals surface area contributed by atoms with Gasteiger partial charge in [0.05, 0.1) is 6.04 Å². The molecule has 0 aliphatic carbocycles. The lowest BCUT2D eigenvalue weighted by atomic mass is 9.92. The van der Waals surface area contributed by atoms with Gasteiger partial charge in [-0.25, -0.2) is 0 Å². The van der Waals surface area contributed by atoms with E-state index < -0.39 is 0 Å². The second kappa shape index (κ2) is 4.16. The Balaban J connectivity index is 2.37. The maximum Gasteiger partial charge on any atom is 0.219 e. The maximum absolute atomic E-state index is 11.5. The zero-order chi connectivity index (χ0) is 11.7. The highest BCUT2D eigenvalue weighted by Crippen LogP contribution is 2.35. The fourth-order valence-corrected chi connectivity index (χ4v) is 2.29. The molecule has 0 radical (unpaired) electrons. The van der Waals surface area contributed by atoms with Crippen LogP contribution in [0.3, 0.4) is 0 Å². The fourth-order valence-electron chi connectivity index (χ4n) is 2.29. The van der Waals surface area contributed by atoms with Crippen LogP contribution < -0.4 is 5.32 Å². The van der Waals surface area contributed by atoms with Crippen LogP contribution in [0.15, 0.2) is 24.3 Å². The monoisotopic (exact) mass is 218 g/mol. The zero-order valence-electron chi connectivity index (χ0n) is 10.0. The van der Waals surface area contributed by atoms with Crippen molar-refractivity contribution in [3.05, 3.63) is 29.8 Å². The average molecular weight is 218 g/mol. The lowest BCUT2D eigenvalue weighted by molar-refractivity contribution is -0.129. The zero-order valence-corrected chi connectivity index (χ0v) is 10.0. The van der Waals surface area contributed by atoms with E-state index in [9.17, 15) is 4.79 Å². The number of hydrogen-bond acceptors (Lipinski definition) is 2. The van der Waals surface area contributed by atoms with Gasteiger partial charge in [0.15, 0.2) is 0 Å². The SMILES string of the molecule is CC(=O)N(C)C1CC(C)Nc2ccccc21. The standard InChI is InChI=1S/C13H18N2O/c1-9-8-13(15(3)10(2)16)11-6-4-5-7-12(11)14-9/h4-7,9,13-14H,8H2,1-3H3. The van der Waals surface area contributed by atoms with Gasteiger partial charge in [0.25, 0.3) is 0 Å². The van der Waals surface area contributed by atoms with E-state index in [1.807, 2.05) is 24.1 Å². The molecule has 3 nitrogen and oxygen atoms in total. The van der Waals surface area contributed by atoms with E-state index in [1.165, 1.54) is 5.56 Å². The molecule has 2 rings (SSSR count). The van der Waals surface area contributed by atoms with E-state index >= 15 is 0 Å². The Kier molecular flexibility index (Phi) is 2.86. The average Bonchev–Trinajstić information content (AvgIpc) is 2.26. The maximum atomic E-state index is 11.5. The van der Waals surface area contributed by atoms with Gasteiger partial charge in [-0.3, -0.25) is 4.79 Å². The molecule has 1 N–H and O–H groups in total. The molecule has 1 aromatic rings. The number of carbonyl (C=O) groups excluding carboxylic acids is 1. The highest BCUT2D eigenvalue weighted by molar-refractivity contribution is 5.74. The number of para-hydroxylation sites is 1. The second-order valence-corrected chi connectivity index (χ2v) is 4.51. The molecule has 0 spiro atoms. The quantitative estimate of drug-likeness (QED) is 0.785. The summed E-state index contributed by atoms with van der Waals surface area (Å²) in [6.07, 6.45) is 0.965. The Bertz CT molecular complexity index is 403. The summed E-state index contributed by atoms with van der Waals surface area (Å²) in [5.74, 6) is 0.119. The van der Waals surface area contributed by atoms with Gasteiger partial charge < -0.3 is 10.2 Å². The van der Waals surface area contributed by atoms with E-state index in [2.05, 4.69) is 24.4 Å². The summed E-state index contributed by atoms with van der Waals surface area (Å²) in [6.45, 7) is 3.77. The van der Waals surface area contributed by atoms with Crippen LogP contribution in [0.1, 0.15) is 31.9 Å². The Morgan fingerprint density at radius 2 is 2.12 bits per heavy atom. The lowest BCUT2D eigenvalue weighted by Crippen LogP contribution is -2.36. The van der Waals surface area contributed by atoms with Gasteiger partial charge in [0, 0.05) is 25.7 Å². The normalized spacial score (nSPS) is 23.2. The van der Waals surface area contributed by atoms with Crippen LogP contribution in [0.4, 0.5) is 5.69 Å². The number of carbonyl (C=O) groups is 1. The fraction of sp³-hybridized carbons (Fsp3) is 0.462. The van der Waals surface area contributed by atoms with Crippen molar-refractivity contribution in [1.29, 1.82) is 0 Å². The molecule has 1 aliphatic rings. The summed E-state index contributed by atoms with van der Waals surface area (Å²) in [5.41, 5.74) is 2.37. The third kappa shape index (κ3) is 1.90. The molecular weight excluding hydrogens is 200 g/mol. The molecule has 3 heteroatoms. The molecule has 0 saturated heterocycles. The van der Waals surface area contributed by atoms with Gasteiger partial charge in [-0.15, -0.1) is 0 Å². The van der Waals surface area contributed by atoms with Crippen molar-refractivity contribution >= 4 is 11.6 Å². The van der Waals surface area contributed by atoms with E-state index in [0.29, 0.717) is 6.04 Å². The molecule has 86 valence electrons. The highest BCUT2D eigenvalue weighted by atomic mass is 16.2. The largest absolute Gasteiger partial charge is 0.382 e. The number of benzene rings is 1. The minimum absolute atomic E-state index is 0.119. The van der Waals surface area contributed by atoms with Gasteiger partial charge >= 0.3 is 0 Å². The molecule has 0 aromatic heterocycles. The molecule has 1 aliphatic heterocycles. The van der Waals surface area contributed by atoms with Crippen molar-refractivity contribution in [2.45, 2.75) is 32.4 Å². The summed E-state index contributed by atoms with van der Waals surface area (Å²) >= 11 is 0. The molecule has 16 heavy (non-hydrogen) atoms. The van der Waals surface area contributed by atoms with Crippen molar-refractivity contribution in [2.75, 3.05) is 12.4 Å². The third-order valence-corrected chi connectivity index (χ3v) is 3.26. The van der Waals surface area contributed by atoms with E-state index in [0.717, 1.165) is 12.1 Å². The van der Waals surface area contributed by atoms with Crippen molar-refractivity contribution in [1.82, 2.24) is 4.90 Å². The van der Waals surface area contributed by atoms with Crippen LogP contribution in [0.5, 0.6) is 0 Å². The minimum atomic E-state index is 0.119. The number of nitrogens with zero attached hydrogens (tertiary/aromatic N) is 1. The molecule has 0 fully saturated rings. The summed E-state index contributed by atoms with van der Waals surface area (Å²) < 4.78 is 0. The summed E-state index contributed by atoms with van der Waals surface area (Å²) in [6, 6.07) is 8.82. The van der Waals surface area contributed by atoms with Crippen molar-refractivity contribution in [2.24, 2.45) is 0 Å². The molecule has 0 bridgehead atoms. The summed E-state index contributed by atoms with van der Waals surface area (Å²) in [5, 5.41) is 3.45. The van der Waals surface area contributed by atoms with E-state index in [1.54, 1.807) is 6.92 Å². The molecule has 2 unspecified atom stereocenters. The summed E-state index contributed by atoms with van der Waals surface area (Å²) in [7, 11) is 1.88. The van der Waals surface area contributed by atoms with E-state index in [4.69, 9.17) is 0 Å². The second-order valence-electron chi connectivity index (χ2n) is 4.51. The van der Waals surface area contributed by atoms with E-state index in [-0.39, 0.29) is 11.9 Å². The molecule has 1 amide bonds. The number of hydrogen-bond donors (Lipinski definition) is 1. The molecular formula is C13H18N2O. The van der Waals surface area contributed by atoms with Crippen molar-refractivity contribution in [3.8, 4) is 0 Å². The van der Waals surface area contributed by atoms with Gasteiger partial charge in [-0.1, -0.05) is 18.2 Å². The first-order valence-electron chi connectivity index (χ1n) is 5.68. The number of rotatable bonds is 1. The lowest BCUT2D eigenvalue weighted by Gasteiger charge is -2.36. The number of anilines is 1. The van der Waals surface area contributed by atoms with Gasteiger partial charge in [-0.2, -0.15) is 0 Å². The molecule has 1 heterocycles. The topological polar surface area (TPSA) is 32.3 Å². The smallest absolute Gasteiger partial charge is 0.219 e. The molecule has 1 aromatic carbocycles. The van der Waals surface area contributed by atoms with Crippen LogP contribution in [0.2, 0.25) is 0 Å². The first-order valence-corrected chi connectivity index (χ1v) is 5.68. The van der Waals surface area contributed by atoms with Crippen LogP contribution in [-0.4, -0.2) is 23.9 Å². The highest BCUT2D eigenvalue weighted by Gasteiger charge is 2.27. The Hall–Kier alpha value is -1.51. The summed E-state index contributed by atoms with van der Waals surface area (Å²) in [4.78, 5) is 13.3. The van der Waals surface area contributed by atoms with Gasteiger partial charge in [0.2, 0.25) is 5.91 Å². The minimum Gasteiger partial charge on any atom is -0.382 e. The van der Waals surface area contributed by atoms with Crippen LogP contribution in [-0.2, 0) is 4.79 Å². The molecule has 2 atom stereocenters. The first kappa shape index (κ1) is 11.0. The van der Waals surface area contributed by atoms with Gasteiger partial charge in [0.1, 0.15) is 0 Å². The number of amides is 1. The third-order valence-electron chi connectivity index (χ3n) is 3.26. The van der Waals surface area contributed by atoms with Crippen LogP contribution >= 0.6 is 0 Å². The Morgan fingerprint density at radius 1 is 1.44 bits per heavy atom. The number of nitrogens with one attached hydrogen (secondary N) is 1. The first-order chi connectivity index (χ1) is 7.59. The van der Waals surface area contributed by atoms with Crippen molar-refractivity contribution < 1.29 is 4.79 Å². The van der Waals surface area contributed by atoms with Crippen LogP contribution in [0, 0.1) is 0 Å². The number of fused-ring (bicyclic) bond motifs is 1. The predicted molar refractivity (Wildman–Crippen MR) is 65.3 cm³/mol. The Morgan fingerprint density at radius 3 is 2.81 bits per heavy atom.